The van der Waals surface area contributed by atoms with Crippen molar-refractivity contribution in [1.29, 1.82) is 0 Å². The summed E-state index contributed by atoms with van der Waals surface area (Å²) in [6.07, 6.45) is 4.40. The van der Waals surface area contributed by atoms with Gasteiger partial charge in [0.2, 0.25) is 5.95 Å². The van der Waals surface area contributed by atoms with Crippen molar-refractivity contribution in [1.82, 2.24) is 9.97 Å². The highest BCUT2D eigenvalue weighted by atomic mass is 32.2. The van der Waals surface area contributed by atoms with Gasteiger partial charge < -0.3 is 10.6 Å². The number of aryl methyl sites for hydroxylation is 1. The Hall–Kier alpha value is -1.17. The van der Waals surface area contributed by atoms with Crippen LogP contribution in [0.15, 0.2) is 6.20 Å². The fourth-order valence-corrected chi connectivity index (χ4v) is 1.87. The largest absolute Gasteiger partial charge is 0.370 e. The molecule has 18 heavy (non-hydrogen) atoms. The highest BCUT2D eigenvalue weighted by Crippen LogP contribution is 2.12. The summed E-state index contributed by atoms with van der Waals surface area (Å²) < 4.78 is 11.2. The lowest BCUT2D eigenvalue weighted by atomic mass is 10.3. The molecular weight excluding hydrogens is 248 g/mol. The summed E-state index contributed by atoms with van der Waals surface area (Å²) in [4.78, 5) is 8.58. The van der Waals surface area contributed by atoms with Gasteiger partial charge in [0.05, 0.1) is 0 Å². The third-order valence-corrected chi connectivity index (χ3v) is 4.09. The molecule has 0 saturated heterocycles. The van der Waals surface area contributed by atoms with E-state index in [1.54, 1.807) is 12.5 Å². The van der Waals surface area contributed by atoms with Crippen molar-refractivity contribution in [2.45, 2.75) is 32.4 Å². The molecule has 6 heteroatoms. The number of hydrogen-bond acceptors (Lipinski definition) is 5. The Morgan fingerprint density at radius 1 is 1.44 bits per heavy atom. The van der Waals surface area contributed by atoms with E-state index in [-0.39, 0.29) is 5.25 Å². The van der Waals surface area contributed by atoms with E-state index in [0.29, 0.717) is 5.95 Å². The van der Waals surface area contributed by atoms with Crippen molar-refractivity contribution in [3.63, 3.8) is 0 Å². The third kappa shape index (κ3) is 4.60. The standard InChI is InChI=1S/C12H22N4OS/c1-5-13-12-15-8-9(2)11(16-12)14-7-6-10(3)18(4)17/h8,10H,5-7H2,1-4H3,(H2,13,14,15,16). The molecule has 2 atom stereocenters. The van der Waals surface area contributed by atoms with E-state index in [2.05, 4.69) is 20.6 Å². The Morgan fingerprint density at radius 3 is 2.78 bits per heavy atom. The molecule has 0 amide bonds. The zero-order valence-corrected chi connectivity index (χ0v) is 12.3. The van der Waals surface area contributed by atoms with Crippen LogP contribution in [0.25, 0.3) is 0 Å². The van der Waals surface area contributed by atoms with Crippen LogP contribution < -0.4 is 10.6 Å². The minimum absolute atomic E-state index is 0.202. The molecular formula is C12H22N4OS. The van der Waals surface area contributed by atoms with Crippen LogP contribution in [0.5, 0.6) is 0 Å². The van der Waals surface area contributed by atoms with Crippen molar-refractivity contribution in [2.75, 3.05) is 30.0 Å². The van der Waals surface area contributed by atoms with E-state index in [4.69, 9.17) is 0 Å². The van der Waals surface area contributed by atoms with E-state index in [1.807, 2.05) is 20.8 Å². The van der Waals surface area contributed by atoms with Crippen LogP contribution in [0, 0.1) is 6.92 Å². The molecule has 0 aliphatic carbocycles. The van der Waals surface area contributed by atoms with E-state index >= 15 is 0 Å². The molecule has 0 aliphatic heterocycles. The molecule has 1 heterocycles. The lowest BCUT2D eigenvalue weighted by Gasteiger charge is -2.12. The summed E-state index contributed by atoms with van der Waals surface area (Å²) in [5, 5.41) is 6.56. The second-order valence-corrected chi connectivity index (χ2v) is 6.08. The fraction of sp³-hybridized carbons (Fsp3) is 0.667. The molecule has 2 N–H and O–H groups in total. The van der Waals surface area contributed by atoms with E-state index in [1.165, 1.54) is 0 Å². The summed E-state index contributed by atoms with van der Waals surface area (Å²) in [6.45, 7) is 7.54. The molecule has 0 saturated carbocycles. The quantitative estimate of drug-likeness (QED) is 0.790. The molecule has 0 bridgehead atoms. The van der Waals surface area contributed by atoms with Gasteiger partial charge in [-0.05, 0) is 20.3 Å². The Bertz CT molecular complexity index is 411. The van der Waals surface area contributed by atoms with Gasteiger partial charge in [-0.15, -0.1) is 0 Å². The number of aromatic nitrogens is 2. The first kappa shape index (κ1) is 14.9. The predicted octanol–water partition coefficient (Wildman–Crippen LogP) is 1.79. The lowest BCUT2D eigenvalue weighted by Crippen LogP contribution is -2.16. The summed E-state index contributed by atoms with van der Waals surface area (Å²) in [5.41, 5.74) is 1.02. The van der Waals surface area contributed by atoms with Crippen molar-refractivity contribution in [3.8, 4) is 0 Å². The van der Waals surface area contributed by atoms with Gasteiger partial charge in [-0.1, -0.05) is 6.92 Å². The van der Waals surface area contributed by atoms with Crippen molar-refractivity contribution in [3.05, 3.63) is 11.8 Å². The highest BCUT2D eigenvalue weighted by Gasteiger charge is 2.07. The van der Waals surface area contributed by atoms with Crippen LogP contribution in [0.1, 0.15) is 25.8 Å². The maximum Gasteiger partial charge on any atom is 0.224 e. The second kappa shape index (κ2) is 7.31. The molecule has 0 spiro atoms. The smallest absolute Gasteiger partial charge is 0.224 e. The van der Waals surface area contributed by atoms with Crippen molar-refractivity contribution < 1.29 is 4.21 Å². The summed E-state index contributed by atoms with van der Waals surface area (Å²) in [6, 6.07) is 0. The summed E-state index contributed by atoms with van der Waals surface area (Å²) in [7, 11) is -0.766. The van der Waals surface area contributed by atoms with Crippen LogP contribution in [0.3, 0.4) is 0 Å². The van der Waals surface area contributed by atoms with Crippen LogP contribution in [0.4, 0.5) is 11.8 Å². The molecule has 102 valence electrons. The number of anilines is 2. The van der Waals surface area contributed by atoms with Gasteiger partial charge in [-0.3, -0.25) is 4.21 Å². The highest BCUT2D eigenvalue weighted by molar-refractivity contribution is 7.84. The minimum atomic E-state index is -0.766. The Labute approximate surface area is 111 Å². The molecule has 0 aliphatic rings. The van der Waals surface area contributed by atoms with Gasteiger partial charge in [0.15, 0.2) is 0 Å². The SMILES string of the molecule is CCNc1ncc(C)c(NCCC(C)S(C)=O)n1. The minimum Gasteiger partial charge on any atom is -0.370 e. The van der Waals surface area contributed by atoms with E-state index < -0.39 is 10.8 Å². The number of nitrogens with zero attached hydrogens (tertiary/aromatic N) is 2. The zero-order valence-electron chi connectivity index (χ0n) is 11.5. The topological polar surface area (TPSA) is 66.9 Å². The Balaban J connectivity index is 2.55. The maximum absolute atomic E-state index is 11.2. The van der Waals surface area contributed by atoms with E-state index in [0.717, 1.165) is 30.9 Å². The molecule has 5 nitrogen and oxygen atoms in total. The predicted molar refractivity (Wildman–Crippen MR) is 77.6 cm³/mol. The number of rotatable bonds is 7. The fourth-order valence-electron chi connectivity index (χ4n) is 1.42. The second-order valence-electron chi connectivity index (χ2n) is 4.28. The van der Waals surface area contributed by atoms with Crippen LogP contribution in [-0.2, 0) is 10.8 Å². The Kier molecular flexibility index (Phi) is 6.04. The first-order valence-electron chi connectivity index (χ1n) is 6.18. The summed E-state index contributed by atoms with van der Waals surface area (Å²) >= 11 is 0. The third-order valence-electron chi connectivity index (χ3n) is 2.72. The molecule has 1 aromatic rings. The zero-order chi connectivity index (χ0) is 13.5. The summed E-state index contributed by atoms with van der Waals surface area (Å²) in [5.74, 6) is 1.48. The number of nitrogens with one attached hydrogen (secondary N) is 2. The first-order chi connectivity index (χ1) is 8.54. The molecule has 1 rings (SSSR count). The van der Waals surface area contributed by atoms with Crippen molar-refractivity contribution >= 4 is 22.6 Å². The average molecular weight is 270 g/mol. The number of hydrogen-bond donors (Lipinski definition) is 2. The normalized spacial score (nSPS) is 14.0. The van der Waals surface area contributed by atoms with Gasteiger partial charge in [0.1, 0.15) is 5.82 Å². The van der Waals surface area contributed by atoms with Gasteiger partial charge >= 0.3 is 0 Å². The molecule has 2 unspecified atom stereocenters. The lowest BCUT2D eigenvalue weighted by molar-refractivity contribution is 0.672. The average Bonchev–Trinajstić information content (AvgIpc) is 2.33. The molecule has 1 aromatic heterocycles. The van der Waals surface area contributed by atoms with E-state index in [9.17, 15) is 4.21 Å². The monoisotopic (exact) mass is 270 g/mol. The molecule has 0 aromatic carbocycles. The van der Waals surface area contributed by atoms with Gasteiger partial charge in [-0.25, -0.2) is 4.98 Å². The van der Waals surface area contributed by atoms with Crippen LogP contribution in [-0.4, -0.2) is 38.8 Å². The first-order valence-corrected chi connectivity index (χ1v) is 7.80. The van der Waals surface area contributed by atoms with Gasteiger partial charge in [0.25, 0.3) is 0 Å². The van der Waals surface area contributed by atoms with Gasteiger partial charge in [0, 0.05) is 47.2 Å². The van der Waals surface area contributed by atoms with Crippen LogP contribution in [0.2, 0.25) is 0 Å². The maximum atomic E-state index is 11.2. The molecule has 0 fully saturated rings. The molecule has 0 radical (unpaired) electrons. The van der Waals surface area contributed by atoms with Crippen molar-refractivity contribution in [2.24, 2.45) is 0 Å². The van der Waals surface area contributed by atoms with Crippen LogP contribution >= 0.6 is 0 Å². The Morgan fingerprint density at radius 2 is 2.17 bits per heavy atom. The van der Waals surface area contributed by atoms with Gasteiger partial charge in [-0.2, -0.15) is 4.98 Å².